The summed E-state index contributed by atoms with van der Waals surface area (Å²) in [5.74, 6) is -2.86. The second kappa shape index (κ2) is 5.74. The summed E-state index contributed by atoms with van der Waals surface area (Å²) in [5, 5.41) is 6.81. The number of hydrogen-bond acceptors (Lipinski definition) is 3. The van der Waals surface area contributed by atoms with Gasteiger partial charge in [-0.25, -0.2) is 0 Å². The molecule has 0 spiro atoms. The first-order valence-corrected chi connectivity index (χ1v) is 6.97. The van der Waals surface area contributed by atoms with Gasteiger partial charge in [-0.05, 0) is 20.3 Å². The highest BCUT2D eigenvalue weighted by Crippen LogP contribution is 2.27. The Morgan fingerprint density at radius 2 is 1.96 bits per heavy atom. The van der Waals surface area contributed by atoms with Gasteiger partial charge in [-0.1, -0.05) is 0 Å². The van der Waals surface area contributed by atoms with Crippen molar-refractivity contribution in [1.29, 1.82) is 0 Å². The molecular formula is C13H17F3N4O3. The third kappa shape index (κ3) is 3.74. The van der Waals surface area contributed by atoms with Crippen molar-refractivity contribution in [3.05, 3.63) is 22.1 Å². The lowest BCUT2D eigenvalue weighted by Gasteiger charge is -2.30. The van der Waals surface area contributed by atoms with Crippen molar-refractivity contribution < 1.29 is 22.8 Å². The molecule has 7 nitrogen and oxygen atoms in total. The fourth-order valence-corrected chi connectivity index (χ4v) is 2.57. The molecule has 2 rings (SSSR count). The van der Waals surface area contributed by atoms with Crippen molar-refractivity contribution in [2.75, 3.05) is 13.1 Å². The summed E-state index contributed by atoms with van der Waals surface area (Å²) in [7, 11) is 0. The molecular weight excluding hydrogens is 317 g/mol. The van der Waals surface area contributed by atoms with Crippen LogP contribution < -0.4 is 10.9 Å². The van der Waals surface area contributed by atoms with Crippen LogP contribution >= 0.6 is 0 Å². The zero-order valence-corrected chi connectivity index (χ0v) is 12.6. The molecule has 1 aromatic heterocycles. The summed E-state index contributed by atoms with van der Waals surface area (Å²) in [6.45, 7) is 3.05. The zero-order valence-electron chi connectivity index (χ0n) is 12.6. The predicted molar refractivity (Wildman–Crippen MR) is 73.6 cm³/mol. The normalized spacial score (nSPS) is 19.0. The Balaban J connectivity index is 2.03. The molecule has 1 fully saturated rings. The van der Waals surface area contributed by atoms with Gasteiger partial charge in [0.05, 0.1) is 0 Å². The summed E-state index contributed by atoms with van der Waals surface area (Å²) in [6, 6.07) is 1.38. The number of carbonyl (C=O) groups is 2. The number of nitrogens with zero attached hydrogens (tertiary/aromatic N) is 1. The van der Waals surface area contributed by atoms with Crippen LogP contribution in [0.1, 0.15) is 31.9 Å². The summed E-state index contributed by atoms with van der Waals surface area (Å²) < 4.78 is 37.0. The monoisotopic (exact) mass is 334 g/mol. The van der Waals surface area contributed by atoms with E-state index in [1.807, 2.05) is 0 Å². The number of halogens is 3. The van der Waals surface area contributed by atoms with E-state index in [2.05, 4.69) is 10.2 Å². The number of nitrogens with one attached hydrogen (secondary N) is 3. The molecule has 1 atom stereocenters. The molecule has 0 bridgehead atoms. The molecule has 23 heavy (non-hydrogen) atoms. The van der Waals surface area contributed by atoms with E-state index in [1.54, 1.807) is 5.32 Å². The Hall–Kier alpha value is -2.26. The lowest BCUT2D eigenvalue weighted by atomic mass is 10.0. The van der Waals surface area contributed by atoms with Crippen molar-refractivity contribution in [2.45, 2.75) is 37.9 Å². The third-order valence-electron chi connectivity index (χ3n) is 3.75. The highest BCUT2D eigenvalue weighted by molar-refractivity contribution is 5.92. The number of carbonyl (C=O) groups excluding carboxylic acids is 2. The van der Waals surface area contributed by atoms with Gasteiger partial charge in [0, 0.05) is 30.8 Å². The van der Waals surface area contributed by atoms with Gasteiger partial charge < -0.3 is 15.3 Å². The van der Waals surface area contributed by atoms with Crippen molar-refractivity contribution in [3.63, 3.8) is 0 Å². The molecule has 10 heteroatoms. The maximum atomic E-state index is 12.4. The maximum absolute atomic E-state index is 12.4. The van der Waals surface area contributed by atoms with Crippen LogP contribution in [0.5, 0.6) is 0 Å². The van der Waals surface area contributed by atoms with E-state index in [9.17, 15) is 27.6 Å². The average Bonchev–Trinajstić information content (AvgIpc) is 3.04. The number of hydrogen-bond donors (Lipinski definition) is 3. The Kier molecular flexibility index (Phi) is 4.27. The van der Waals surface area contributed by atoms with Crippen LogP contribution in [-0.4, -0.2) is 51.7 Å². The molecule has 1 saturated heterocycles. The van der Waals surface area contributed by atoms with Crippen LogP contribution in [0.15, 0.2) is 10.9 Å². The summed E-state index contributed by atoms with van der Waals surface area (Å²) in [4.78, 5) is 35.9. The SMILES string of the molecule is CC(C)(NC(=O)C(F)(F)F)C(=O)N1CCC(c2cc(=O)[nH][nH]2)C1. The van der Waals surface area contributed by atoms with E-state index >= 15 is 0 Å². The first kappa shape index (κ1) is 17.1. The van der Waals surface area contributed by atoms with Crippen molar-refractivity contribution in [1.82, 2.24) is 20.4 Å². The number of H-pyrrole nitrogens is 2. The topological polar surface area (TPSA) is 98.1 Å². The van der Waals surface area contributed by atoms with Crippen molar-refractivity contribution in [2.24, 2.45) is 0 Å². The Labute approximate surface area is 129 Å². The minimum absolute atomic E-state index is 0.105. The van der Waals surface area contributed by atoms with Crippen LogP contribution in [-0.2, 0) is 9.59 Å². The molecule has 0 aliphatic carbocycles. The van der Waals surface area contributed by atoms with Crippen LogP contribution in [0, 0.1) is 0 Å². The van der Waals surface area contributed by atoms with E-state index < -0.39 is 23.5 Å². The van der Waals surface area contributed by atoms with Gasteiger partial charge in [0.15, 0.2) is 0 Å². The minimum atomic E-state index is -5.05. The van der Waals surface area contributed by atoms with Crippen LogP contribution in [0.4, 0.5) is 13.2 Å². The zero-order chi connectivity index (χ0) is 17.4. The quantitative estimate of drug-likeness (QED) is 0.750. The lowest BCUT2D eigenvalue weighted by Crippen LogP contribution is -2.58. The van der Waals surface area contributed by atoms with Crippen LogP contribution in [0.3, 0.4) is 0 Å². The smallest absolute Gasteiger partial charge is 0.340 e. The first-order chi connectivity index (χ1) is 10.5. The number of amides is 2. The fourth-order valence-electron chi connectivity index (χ4n) is 2.57. The second-order valence-electron chi connectivity index (χ2n) is 6.03. The summed E-state index contributed by atoms with van der Waals surface area (Å²) in [6.07, 6.45) is -4.47. The molecule has 2 heterocycles. The molecule has 0 saturated carbocycles. The number of alkyl halides is 3. The first-order valence-electron chi connectivity index (χ1n) is 6.97. The third-order valence-corrected chi connectivity index (χ3v) is 3.75. The number of rotatable bonds is 3. The highest BCUT2D eigenvalue weighted by atomic mass is 19.4. The molecule has 3 N–H and O–H groups in total. The van der Waals surface area contributed by atoms with Gasteiger partial charge in [0.1, 0.15) is 5.54 Å². The Morgan fingerprint density at radius 3 is 2.48 bits per heavy atom. The molecule has 1 unspecified atom stereocenters. The van der Waals surface area contributed by atoms with Gasteiger partial charge in [0.2, 0.25) is 5.91 Å². The molecule has 128 valence electrons. The number of aromatic nitrogens is 2. The Bertz CT molecular complexity index is 662. The van der Waals surface area contributed by atoms with Gasteiger partial charge in [-0.15, -0.1) is 0 Å². The van der Waals surface area contributed by atoms with Gasteiger partial charge in [0.25, 0.3) is 5.56 Å². The standard InChI is InChI=1S/C13H17F3N4O3/c1-12(2,17-10(22)13(14,15)16)11(23)20-4-3-7(6-20)8-5-9(21)19-18-8/h5,7H,3-4,6H2,1-2H3,(H,17,22)(H2,18,19,21). The Morgan fingerprint density at radius 1 is 1.30 bits per heavy atom. The van der Waals surface area contributed by atoms with E-state index in [1.165, 1.54) is 24.8 Å². The summed E-state index contributed by atoms with van der Waals surface area (Å²) >= 11 is 0. The molecule has 1 aliphatic heterocycles. The maximum Gasteiger partial charge on any atom is 0.471 e. The molecule has 0 aromatic carbocycles. The second-order valence-corrected chi connectivity index (χ2v) is 6.03. The van der Waals surface area contributed by atoms with E-state index in [0.29, 0.717) is 18.7 Å². The van der Waals surface area contributed by atoms with E-state index in [-0.39, 0.29) is 18.0 Å². The largest absolute Gasteiger partial charge is 0.471 e. The minimum Gasteiger partial charge on any atom is -0.340 e. The van der Waals surface area contributed by atoms with Crippen molar-refractivity contribution in [3.8, 4) is 0 Å². The van der Waals surface area contributed by atoms with Gasteiger partial charge in [-0.3, -0.25) is 19.5 Å². The van der Waals surface area contributed by atoms with Crippen molar-refractivity contribution >= 4 is 11.8 Å². The van der Waals surface area contributed by atoms with Gasteiger partial charge >= 0.3 is 12.1 Å². The molecule has 0 radical (unpaired) electrons. The molecule has 1 aromatic rings. The van der Waals surface area contributed by atoms with Gasteiger partial charge in [-0.2, -0.15) is 13.2 Å². The number of likely N-dealkylation sites (tertiary alicyclic amines) is 1. The molecule has 1 aliphatic rings. The van der Waals surface area contributed by atoms with E-state index in [0.717, 1.165) is 0 Å². The highest BCUT2D eigenvalue weighted by Gasteiger charge is 2.45. The van der Waals surface area contributed by atoms with Crippen LogP contribution in [0.2, 0.25) is 0 Å². The fraction of sp³-hybridized carbons (Fsp3) is 0.615. The predicted octanol–water partition coefficient (Wildman–Crippen LogP) is 0.476. The summed E-state index contributed by atoms with van der Waals surface area (Å²) in [5.41, 5.74) is -1.32. The lowest BCUT2D eigenvalue weighted by molar-refractivity contribution is -0.176. The average molecular weight is 334 g/mol. The number of aromatic amines is 2. The van der Waals surface area contributed by atoms with E-state index in [4.69, 9.17) is 0 Å². The van der Waals surface area contributed by atoms with Crippen LogP contribution in [0.25, 0.3) is 0 Å². The molecule has 2 amide bonds.